The highest BCUT2D eigenvalue weighted by atomic mass is 29.5. The van der Waals surface area contributed by atoms with Gasteiger partial charge in [-0.1, -0.05) is 38.8 Å². The first-order valence-electron chi connectivity index (χ1n) is 4.31. The van der Waals surface area contributed by atoms with Crippen molar-refractivity contribution in [3.8, 4) is 0 Å². The van der Waals surface area contributed by atoms with Crippen molar-refractivity contribution in [3.63, 3.8) is 0 Å². The van der Waals surface area contributed by atoms with E-state index in [1.54, 1.807) is 21.8 Å². The Bertz CT molecular complexity index is 56.3. The maximum atomic E-state index is 2.35. The zero-order chi connectivity index (χ0) is 7.11. The molecule has 0 radical (unpaired) electrons. The molecule has 0 aliphatic carbocycles. The number of hydrogen-bond acceptors (Lipinski definition) is 0. The third-order valence-corrected chi connectivity index (χ3v) is 17.8. The van der Waals surface area contributed by atoms with E-state index in [0.29, 0.717) is 9.04 Å². The van der Waals surface area contributed by atoms with Crippen molar-refractivity contribution in [2.45, 2.75) is 38.8 Å². The highest BCUT2D eigenvalue weighted by Gasteiger charge is 2.00. The summed E-state index contributed by atoms with van der Waals surface area (Å²) in [6.45, 7) is 4.68. The van der Waals surface area contributed by atoms with E-state index in [4.69, 9.17) is 0 Å². The van der Waals surface area contributed by atoms with Crippen LogP contribution in [0.3, 0.4) is 0 Å². The lowest BCUT2D eigenvalue weighted by molar-refractivity contribution is 1.07. The summed E-state index contributed by atoms with van der Waals surface area (Å²) in [6, 6.07) is 3.33. The molecule has 0 N–H and O–H groups in total. The molecular weight excluding hydrogens is 156 g/mol. The van der Waals surface area contributed by atoms with Crippen molar-refractivity contribution in [1.29, 1.82) is 0 Å². The molecule has 0 aromatic rings. The van der Waals surface area contributed by atoms with E-state index in [0.717, 1.165) is 0 Å². The highest BCUT2D eigenvalue weighted by Crippen LogP contribution is 1.95. The minimum Gasteiger partial charge on any atom is -0.0657 e. The average molecular weight is 176 g/mol. The van der Waals surface area contributed by atoms with Gasteiger partial charge in [-0.3, -0.25) is 0 Å². The first kappa shape index (κ1) is 9.65. The van der Waals surface area contributed by atoms with Gasteiger partial charge in [0.15, 0.2) is 0 Å². The molecule has 0 saturated heterocycles. The fraction of sp³-hybridized carbons (Fsp3) is 1.00. The monoisotopic (exact) mass is 176 g/mol. The van der Waals surface area contributed by atoms with Crippen molar-refractivity contribution in [1.82, 2.24) is 0 Å². The predicted octanol–water partition coefficient (Wildman–Crippen LogP) is -0.0206. The van der Waals surface area contributed by atoms with Crippen LogP contribution in [-0.4, -0.2) is 26.6 Å². The molecule has 0 fully saturated rings. The largest absolute Gasteiger partial charge is 0.0657 e. The molecule has 0 amide bonds. The zero-order valence-corrected chi connectivity index (χ0v) is 11.7. The minimum absolute atomic E-state index is 0.0580. The topological polar surface area (TPSA) is 0 Å². The Morgan fingerprint density at radius 2 is 2.00 bits per heavy atom. The van der Waals surface area contributed by atoms with Crippen LogP contribution in [0.1, 0.15) is 26.7 Å². The molecule has 9 heavy (non-hydrogen) atoms. The van der Waals surface area contributed by atoms with E-state index in [1.165, 1.54) is 12.8 Å². The normalized spacial score (nSPS) is 15.3. The molecule has 0 spiro atoms. The average Bonchev–Trinajstić information content (AvgIpc) is 1.85. The van der Waals surface area contributed by atoms with Gasteiger partial charge in [-0.25, -0.2) is 0 Å². The predicted molar refractivity (Wildman–Crippen MR) is 55.8 cm³/mol. The molecule has 3 heteroatoms. The quantitative estimate of drug-likeness (QED) is 0.517. The van der Waals surface area contributed by atoms with Crippen LogP contribution in [0.4, 0.5) is 0 Å². The van der Waals surface area contributed by atoms with E-state index < -0.39 is 0 Å². The Labute approximate surface area is 65.9 Å². The van der Waals surface area contributed by atoms with E-state index >= 15 is 0 Å². The van der Waals surface area contributed by atoms with E-state index in [9.17, 15) is 0 Å². The molecule has 0 aliphatic heterocycles. The molecular formula is C6H20Si3. The van der Waals surface area contributed by atoms with Crippen LogP contribution in [0.2, 0.25) is 12.1 Å². The summed E-state index contributed by atoms with van der Waals surface area (Å²) in [5.74, 6) is 0. The van der Waals surface area contributed by atoms with Gasteiger partial charge in [0.1, 0.15) is 0 Å². The second-order valence-corrected chi connectivity index (χ2v) is 22.8. The maximum Gasteiger partial charge on any atom is 0.00904 e. The standard InChI is InChI=1S/C6H20Si3/c1-3-5-8-9(7)6-4-2/h9H,3-6,8H2,1-2,7H3. The molecule has 0 bridgehead atoms. The van der Waals surface area contributed by atoms with Crippen LogP contribution in [0.5, 0.6) is 0 Å². The Balaban J connectivity index is 2.95. The summed E-state index contributed by atoms with van der Waals surface area (Å²) in [4.78, 5) is 0. The van der Waals surface area contributed by atoms with Crippen molar-refractivity contribution in [2.75, 3.05) is 0 Å². The van der Waals surface area contributed by atoms with Gasteiger partial charge in [-0.2, -0.15) is 0 Å². The Hall–Kier alpha value is 0.651. The molecule has 0 saturated carbocycles. The third kappa shape index (κ3) is 6.54. The highest BCUT2D eigenvalue weighted by molar-refractivity contribution is 7.34. The SMILES string of the molecule is CCC[SiH2][SiH]([SiH3])CCC. The van der Waals surface area contributed by atoms with Gasteiger partial charge >= 0.3 is 0 Å². The summed E-state index contributed by atoms with van der Waals surface area (Å²) in [6.07, 6.45) is 2.96. The van der Waals surface area contributed by atoms with Crippen LogP contribution in [0.15, 0.2) is 0 Å². The van der Waals surface area contributed by atoms with Crippen LogP contribution in [0, 0.1) is 0 Å². The van der Waals surface area contributed by atoms with E-state index in [-0.39, 0.29) is 7.83 Å². The maximum absolute atomic E-state index is 2.35. The van der Waals surface area contributed by atoms with Crippen molar-refractivity contribution in [3.05, 3.63) is 0 Å². The minimum atomic E-state index is 0.0580. The lowest BCUT2D eigenvalue weighted by Gasteiger charge is -2.04. The second-order valence-electron chi connectivity index (χ2n) is 3.04. The van der Waals surface area contributed by atoms with Gasteiger partial charge in [0.25, 0.3) is 0 Å². The zero-order valence-electron chi connectivity index (χ0n) is 7.11. The molecule has 0 rings (SSSR count). The molecule has 1 atom stereocenters. The van der Waals surface area contributed by atoms with Gasteiger partial charge in [0.05, 0.1) is 0 Å². The van der Waals surface area contributed by atoms with Crippen LogP contribution in [0.25, 0.3) is 0 Å². The van der Waals surface area contributed by atoms with Crippen molar-refractivity contribution < 1.29 is 0 Å². The van der Waals surface area contributed by atoms with Crippen molar-refractivity contribution >= 4 is 26.6 Å². The molecule has 56 valence electrons. The van der Waals surface area contributed by atoms with Gasteiger partial charge in [0.2, 0.25) is 0 Å². The van der Waals surface area contributed by atoms with Crippen LogP contribution >= 0.6 is 0 Å². The van der Waals surface area contributed by atoms with Gasteiger partial charge < -0.3 is 0 Å². The lowest BCUT2D eigenvalue weighted by atomic mass is 10.6. The summed E-state index contributed by atoms with van der Waals surface area (Å²) >= 11 is 0. The second kappa shape index (κ2) is 6.77. The fourth-order valence-electron chi connectivity index (χ4n) is 1.19. The van der Waals surface area contributed by atoms with Gasteiger partial charge in [-0.15, -0.1) is 0 Å². The molecule has 0 aromatic carbocycles. The van der Waals surface area contributed by atoms with Gasteiger partial charge in [0, 0.05) is 16.9 Å². The van der Waals surface area contributed by atoms with E-state index in [1.807, 2.05) is 0 Å². The van der Waals surface area contributed by atoms with Crippen LogP contribution < -0.4 is 0 Å². The molecule has 0 aromatic heterocycles. The van der Waals surface area contributed by atoms with Crippen LogP contribution in [-0.2, 0) is 0 Å². The third-order valence-electron chi connectivity index (χ3n) is 1.83. The van der Waals surface area contributed by atoms with E-state index in [2.05, 4.69) is 13.8 Å². The summed E-state index contributed by atoms with van der Waals surface area (Å²) in [5, 5.41) is 0. The summed E-state index contributed by atoms with van der Waals surface area (Å²) < 4.78 is 0. The molecule has 0 heterocycles. The van der Waals surface area contributed by atoms with Gasteiger partial charge in [-0.05, 0) is 9.76 Å². The lowest BCUT2D eigenvalue weighted by Crippen LogP contribution is -2.21. The molecule has 0 nitrogen and oxygen atoms in total. The Morgan fingerprint density at radius 1 is 1.33 bits per heavy atom. The number of hydrogen-bond donors (Lipinski definition) is 0. The smallest absolute Gasteiger partial charge is 0.00904 e. The molecule has 1 unspecified atom stereocenters. The van der Waals surface area contributed by atoms with Crippen molar-refractivity contribution in [2.24, 2.45) is 0 Å². The Kier molecular flexibility index (Phi) is 7.26. The first-order valence-corrected chi connectivity index (χ1v) is 14.0. The molecule has 0 aliphatic rings. The first-order chi connectivity index (χ1) is 4.31. The summed E-state index contributed by atoms with van der Waals surface area (Å²) in [5.41, 5.74) is 0. The fourth-order valence-corrected chi connectivity index (χ4v) is 14.4. The Morgan fingerprint density at radius 3 is 2.44 bits per heavy atom. The summed E-state index contributed by atoms with van der Waals surface area (Å²) in [7, 11) is 2.20. The number of rotatable bonds is 5.